The van der Waals surface area contributed by atoms with Gasteiger partial charge in [0.05, 0.1) is 5.41 Å². The Morgan fingerprint density at radius 2 is 1.63 bits per heavy atom. The van der Waals surface area contributed by atoms with Gasteiger partial charge >= 0.3 is 0 Å². The highest BCUT2D eigenvalue weighted by molar-refractivity contribution is 5.79. The molecule has 1 fully saturated rings. The Hall–Kier alpha value is -1.93. The van der Waals surface area contributed by atoms with E-state index in [1.165, 1.54) is 16.7 Å². The van der Waals surface area contributed by atoms with Crippen LogP contribution in [0.4, 0.5) is 0 Å². The highest BCUT2D eigenvalue weighted by atomic mass is 15.1. The quantitative estimate of drug-likeness (QED) is 0.636. The van der Waals surface area contributed by atoms with Crippen molar-refractivity contribution >= 4 is 6.21 Å². The second-order valence-corrected chi connectivity index (χ2v) is 5.21. The maximum Gasteiger partial charge on any atom is 0.0712 e. The van der Waals surface area contributed by atoms with E-state index in [1.807, 2.05) is 18.2 Å². The summed E-state index contributed by atoms with van der Waals surface area (Å²) in [5, 5.41) is 11.4. The lowest BCUT2D eigenvalue weighted by atomic mass is 9.72. The molecule has 1 heterocycles. The summed E-state index contributed by atoms with van der Waals surface area (Å²) in [4.78, 5) is 0. The molecule has 1 aliphatic heterocycles. The second-order valence-electron chi connectivity index (χ2n) is 5.21. The Bertz CT molecular complexity index is 570. The Morgan fingerprint density at radius 3 is 2.16 bits per heavy atom. The van der Waals surface area contributed by atoms with Gasteiger partial charge in [-0.15, -0.1) is 0 Å². The van der Waals surface area contributed by atoms with Crippen molar-refractivity contribution in [1.29, 1.82) is 5.41 Å². The Balaban J connectivity index is 2.16. The molecule has 0 saturated carbocycles. The molecule has 0 radical (unpaired) electrons. The van der Waals surface area contributed by atoms with Crippen LogP contribution in [0, 0.1) is 12.3 Å². The smallest absolute Gasteiger partial charge is 0.0712 e. The molecule has 2 aromatic carbocycles. The zero-order valence-corrected chi connectivity index (χ0v) is 11.1. The van der Waals surface area contributed by atoms with Crippen LogP contribution in [0.5, 0.6) is 0 Å². The van der Waals surface area contributed by atoms with Crippen LogP contribution < -0.4 is 5.32 Å². The van der Waals surface area contributed by atoms with Crippen LogP contribution in [-0.2, 0) is 5.41 Å². The third-order valence-electron chi connectivity index (χ3n) is 3.97. The molecular formula is C17H18N2. The fourth-order valence-corrected chi connectivity index (χ4v) is 2.76. The Kier molecular flexibility index (Phi) is 2.96. The van der Waals surface area contributed by atoms with E-state index < -0.39 is 0 Å². The van der Waals surface area contributed by atoms with E-state index in [9.17, 15) is 0 Å². The summed E-state index contributed by atoms with van der Waals surface area (Å²) >= 11 is 0. The second kappa shape index (κ2) is 4.63. The zero-order valence-electron chi connectivity index (χ0n) is 11.1. The summed E-state index contributed by atoms with van der Waals surface area (Å²) < 4.78 is 0. The minimum Gasteiger partial charge on any atom is -0.312 e. The number of aryl methyl sites for hydroxylation is 1. The number of rotatable bonds is 4. The van der Waals surface area contributed by atoms with Gasteiger partial charge in [-0.25, -0.2) is 0 Å². The van der Waals surface area contributed by atoms with E-state index >= 15 is 0 Å². The molecule has 1 aliphatic rings. The molecule has 0 aliphatic carbocycles. The first kappa shape index (κ1) is 12.1. The monoisotopic (exact) mass is 250 g/mol. The molecule has 1 saturated heterocycles. The van der Waals surface area contributed by atoms with Crippen LogP contribution in [0.15, 0.2) is 54.6 Å². The average molecular weight is 250 g/mol. The fraction of sp³-hybridized carbons (Fsp3) is 0.235. The lowest BCUT2D eigenvalue weighted by Crippen LogP contribution is -2.37. The number of hydrogen-bond donors (Lipinski definition) is 2. The summed E-state index contributed by atoms with van der Waals surface area (Å²) in [5.74, 6) is 0. The van der Waals surface area contributed by atoms with Gasteiger partial charge in [0.1, 0.15) is 0 Å². The van der Waals surface area contributed by atoms with E-state index in [4.69, 9.17) is 5.41 Å². The summed E-state index contributed by atoms with van der Waals surface area (Å²) in [6, 6.07) is 19.2. The third kappa shape index (κ3) is 1.98. The van der Waals surface area contributed by atoms with Crippen LogP contribution in [0.25, 0.3) is 0 Å². The minimum atomic E-state index is -0.338. The van der Waals surface area contributed by atoms with Crippen molar-refractivity contribution in [3.05, 3.63) is 71.3 Å². The van der Waals surface area contributed by atoms with Gasteiger partial charge in [0.25, 0.3) is 0 Å². The highest BCUT2D eigenvalue weighted by Crippen LogP contribution is 2.37. The zero-order chi connectivity index (χ0) is 13.3. The number of benzene rings is 2. The summed E-state index contributed by atoms with van der Waals surface area (Å²) in [6.07, 6.45) is 1.59. The van der Waals surface area contributed by atoms with Crippen LogP contribution in [-0.4, -0.2) is 18.8 Å². The Labute approximate surface area is 114 Å². The molecule has 1 unspecified atom stereocenters. The molecule has 2 aromatic rings. The molecule has 0 amide bonds. The fourth-order valence-electron chi connectivity index (χ4n) is 2.76. The standard InChI is InChI=1S/C17H18N2/c1-13-7-9-15(10-8-13)17(12-18,16-11-19-16)14-5-3-2-4-6-14/h2-10,12,16,18-19H,11H2,1H3/t16-,17?/m1/s1. The largest absolute Gasteiger partial charge is 0.312 e. The van der Waals surface area contributed by atoms with Crippen LogP contribution in [0.1, 0.15) is 16.7 Å². The maximum absolute atomic E-state index is 8.04. The predicted molar refractivity (Wildman–Crippen MR) is 79.0 cm³/mol. The maximum atomic E-state index is 8.04. The molecular weight excluding hydrogens is 232 g/mol. The van der Waals surface area contributed by atoms with Gasteiger partial charge < -0.3 is 10.7 Å². The first-order valence-electron chi connectivity index (χ1n) is 6.65. The SMILES string of the molecule is Cc1ccc(C(C=N)(c2ccccc2)[C@H]2CN2)cc1. The van der Waals surface area contributed by atoms with Gasteiger partial charge in [0, 0.05) is 18.8 Å². The lowest BCUT2D eigenvalue weighted by Gasteiger charge is -2.30. The molecule has 2 heteroatoms. The van der Waals surface area contributed by atoms with E-state index in [1.54, 1.807) is 6.21 Å². The van der Waals surface area contributed by atoms with Crippen molar-refractivity contribution in [2.24, 2.45) is 0 Å². The van der Waals surface area contributed by atoms with Crippen molar-refractivity contribution in [2.45, 2.75) is 18.4 Å². The van der Waals surface area contributed by atoms with Gasteiger partial charge in [-0.05, 0) is 18.1 Å². The molecule has 3 rings (SSSR count). The summed E-state index contributed by atoms with van der Waals surface area (Å²) in [7, 11) is 0. The summed E-state index contributed by atoms with van der Waals surface area (Å²) in [5.41, 5.74) is 3.28. The van der Waals surface area contributed by atoms with Gasteiger partial charge in [0.15, 0.2) is 0 Å². The Morgan fingerprint density at radius 1 is 1.05 bits per heavy atom. The van der Waals surface area contributed by atoms with Crippen LogP contribution >= 0.6 is 0 Å². The van der Waals surface area contributed by atoms with E-state index in [0.717, 1.165) is 6.54 Å². The van der Waals surface area contributed by atoms with E-state index in [-0.39, 0.29) is 5.41 Å². The summed E-state index contributed by atoms with van der Waals surface area (Å²) in [6.45, 7) is 3.06. The van der Waals surface area contributed by atoms with Crippen molar-refractivity contribution < 1.29 is 0 Å². The minimum absolute atomic E-state index is 0.329. The molecule has 19 heavy (non-hydrogen) atoms. The molecule has 0 bridgehead atoms. The third-order valence-corrected chi connectivity index (χ3v) is 3.97. The molecule has 0 spiro atoms. The number of hydrogen-bond acceptors (Lipinski definition) is 2. The number of nitrogens with one attached hydrogen (secondary N) is 2. The topological polar surface area (TPSA) is 45.8 Å². The van der Waals surface area contributed by atoms with Gasteiger partial charge in [-0.1, -0.05) is 60.2 Å². The van der Waals surface area contributed by atoms with Gasteiger partial charge in [0.2, 0.25) is 0 Å². The lowest BCUT2D eigenvalue weighted by molar-refractivity contribution is 0.675. The first-order valence-corrected chi connectivity index (χ1v) is 6.65. The molecule has 2 nitrogen and oxygen atoms in total. The molecule has 2 atom stereocenters. The molecule has 2 N–H and O–H groups in total. The van der Waals surface area contributed by atoms with Crippen LogP contribution in [0.2, 0.25) is 0 Å². The highest BCUT2D eigenvalue weighted by Gasteiger charge is 2.46. The van der Waals surface area contributed by atoms with Gasteiger partial charge in [-0.2, -0.15) is 0 Å². The van der Waals surface area contributed by atoms with Crippen molar-refractivity contribution in [1.82, 2.24) is 5.32 Å². The van der Waals surface area contributed by atoms with E-state index in [0.29, 0.717) is 6.04 Å². The average Bonchev–Trinajstić information content (AvgIpc) is 3.28. The van der Waals surface area contributed by atoms with Crippen molar-refractivity contribution in [2.75, 3.05) is 6.54 Å². The predicted octanol–water partition coefficient (Wildman–Crippen LogP) is 2.90. The van der Waals surface area contributed by atoms with Crippen molar-refractivity contribution in [3.63, 3.8) is 0 Å². The first-order chi connectivity index (χ1) is 9.27. The normalized spacial score (nSPS) is 20.6. The van der Waals surface area contributed by atoms with Gasteiger partial charge in [-0.3, -0.25) is 0 Å². The van der Waals surface area contributed by atoms with Crippen molar-refractivity contribution in [3.8, 4) is 0 Å². The molecule has 0 aromatic heterocycles. The van der Waals surface area contributed by atoms with Crippen LogP contribution in [0.3, 0.4) is 0 Å². The molecule has 96 valence electrons. The van der Waals surface area contributed by atoms with E-state index in [2.05, 4.69) is 48.6 Å².